The van der Waals surface area contributed by atoms with Crippen LogP contribution in [0, 0.1) is 11.8 Å². The standard InChI is InChI=1S/C15H22N2O2S/c1-11-8-13(11)10-17(2)20(18,19)14-6-5-12-4-3-7-16-15(12)9-14/h5-6,9,11,13,16H,3-4,7-8,10H2,1-2H3. The van der Waals surface area contributed by atoms with Crippen LogP contribution in [0.3, 0.4) is 0 Å². The number of nitrogens with one attached hydrogen (secondary N) is 1. The average molecular weight is 294 g/mol. The van der Waals surface area contributed by atoms with Crippen molar-refractivity contribution in [1.82, 2.24) is 4.31 Å². The zero-order chi connectivity index (χ0) is 14.3. The fourth-order valence-electron chi connectivity index (χ4n) is 2.86. The number of aryl methyl sites for hydroxylation is 1. The molecule has 1 aromatic carbocycles. The summed E-state index contributed by atoms with van der Waals surface area (Å²) in [5, 5.41) is 3.29. The molecule has 5 heteroatoms. The molecule has 1 N–H and O–H groups in total. The Balaban J connectivity index is 1.83. The molecule has 2 aliphatic rings. The largest absolute Gasteiger partial charge is 0.385 e. The average Bonchev–Trinajstić information content (AvgIpc) is 3.13. The number of anilines is 1. The molecule has 0 radical (unpaired) electrons. The van der Waals surface area contributed by atoms with E-state index in [-0.39, 0.29) is 0 Å². The molecule has 0 spiro atoms. The molecule has 20 heavy (non-hydrogen) atoms. The first-order valence-corrected chi connectivity index (χ1v) is 8.75. The maximum absolute atomic E-state index is 12.6. The number of rotatable bonds is 4. The minimum Gasteiger partial charge on any atom is -0.385 e. The summed E-state index contributed by atoms with van der Waals surface area (Å²) in [4.78, 5) is 0.404. The van der Waals surface area contributed by atoms with Crippen molar-refractivity contribution in [3.63, 3.8) is 0 Å². The molecule has 1 aromatic rings. The van der Waals surface area contributed by atoms with Crippen molar-refractivity contribution in [2.75, 3.05) is 25.5 Å². The van der Waals surface area contributed by atoms with Gasteiger partial charge in [0, 0.05) is 25.8 Å². The van der Waals surface area contributed by atoms with E-state index in [1.807, 2.05) is 6.07 Å². The lowest BCUT2D eigenvalue weighted by atomic mass is 10.0. The third-order valence-electron chi connectivity index (χ3n) is 4.50. The van der Waals surface area contributed by atoms with Crippen LogP contribution >= 0.6 is 0 Å². The van der Waals surface area contributed by atoms with E-state index >= 15 is 0 Å². The quantitative estimate of drug-likeness (QED) is 0.927. The van der Waals surface area contributed by atoms with E-state index in [2.05, 4.69) is 12.2 Å². The Morgan fingerprint density at radius 3 is 2.85 bits per heavy atom. The van der Waals surface area contributed by atoms with Gasteiger partial charge in [0.1, 0.15) is 0 Å². The summed E-state index contributed by atoms with van der Waals surface area (Å²) >= 11 is 0. The van der Waals surface area contributed by atoms with Crippen LogP contribution in [0.4, 0.5) is 5.69 Å². The topological polar surface area (TPSA) is 49.4 Å². The van der Waals surface area contributed by atoms with Crippen molar-refractivity contribution in [3.05, 3.63) is 23.8 Å². The summed E-state index contributed by atoms with van der Waals surface area (Å²) in [6, 6.07) is 5.48. The molecule has 0 amide bonds. The van der Waals surface area contributed by atoms with Gasteiger partial charge in [0.2, 0.25) is 10.0 Å². The Bertz CT molecular complexity index is 612. The van der Waals surface area contributed by atoms with Crippen LogP contribution in [0.25, 0.3) is 0 Å². The molecule has 1 saturated carbocycles. The second-order valence-electron chi connectivity index (χ2n) is 6.11. The Hall–Kier alpha value is -1.07. The van der Waals surface area contributed by atoms with Crippen LogP contribution in [-0.2, 0) is 16.4 Å². The molecular weight excluding hydrogens is 272 g/mol. The minimum atomic E-state index is -3.36. The van der Waals surface area contributed by atoms with Gasteiger partial charge in [0.15, 0.2) is 0 Å². The molecule has 2 atom stereocenters. The number of hydrogen-bond donors (Lipinski definition) is 1. The van der Waals surface area contributed by atoms with Crippen molar-refractivity contribution in [3.8, 4) is 0 Å². The lowest BCUT2D eigenvalue weighted by Crippen LogP contribution is -2.29. The van der Waals surface area contributed by atoms with Gasteiger partial charge in [-0.2, -0.15) is 0 Å². The highest BCUT2D eigenvalue weighted by Gasteiger charge is 2.36. The lowest BCUT2D eigenvalue weighted by molar-refractivity contribution is 0.444. The predicted molar refractivity (Wildman–Crippen MR) is 80.3 cm³/mol. The Kier molecular flexibility index (Phi) is 3.50. The summed E-state index contributed by atoms with van der Waals surface area (Å²) in [5.74, 6) is 1.20. The van der Waals surface area contributed by atoms with E-state index in [9.17, 15) is 8.42 Å². The van der Waals surface area contributed by atoms with Gasteiger partial charge in [0.25, 0.3) is 0 Å². The van der Waals surface area contributed by atoms with Gasteiger partial charge in [-0.15, -0.1) is 0 Å². The number of fused-ring (bicyclic) bond motifs is 1. The van der Waals surface area contributed by atoms with E-state index in [1.165, 1.54) is 9.87 Å². The van der Waals surface area contributed by atoms with Crippen molar-refractivity contribution >= 4 is 15.7 Å². The molecule has 4 nitrogen and oxygen atoms in total. The van der Waals surface area contributed by atoms with Crippen molar-refractivity contribution < 1.29 is 8.42 Å². The second-order valence-corrected chi connectivity index (χ2v) is 8.15. The molecule has 1 heterocycles. The summed E-state index contributed by atoms with van der Waals surface area (Å²) < 4.78 is 26.7. The van der Waals surface area contributed by atoms with E-state index in [0.717, 1.165) is 31.5 Å². The number of hydrogen-bond acceptors (Lipinski definition) is 3. The van der Waals surface area contributed by atoms with E-state index in [4.69, 9.17) is 0 Å². The van der Waals surface area contributed by atoms with Crippen LogP contribution in [0.1, 0.15) is 25.3 Å². The molecule has 1 aliphatic heterocycles. The molecular formula is C15H22N2O2S. The van der Waals surface area contributed by atoms with Gasteiger partial charge in [-0.25, -0.2) is 12.7 Å². The molecule has 0 aromatic heterocycles. The molecule has 110 valence electrons. The monoisotopic (exact) mass is 294 g/mol. The van der Waals surface area contributed by atoms with E-state index in [1.54, 1.807) is 19.2 Å². The SMILES string of the molecule is CC1CC1CN(C)S(=O)(=O)c1ccc2c(c1)NCCC2. The normalized spacial score (nSPS) is 25.1. The number of nitrogens with zero attached hydrogens (tertiary/aromatic N) is 1. The molecule has 1 aliphatic carbocycles. The van der Waals surface area contributed by atoms with Gasteiger partial charge in [-0.3, -0.25) is 0 Å². The molecule has 2 unspecified atom stereocenters. The third-order valence-corrected chi connectivity index (χ3v) is 6.31. The molecule has 0 saturated heterocycles. The fourth-order valence-corrected chi connectivity index (χ4v) is 4.12. The first kappa shape index (κ1) is 13.9. The molecule has 1 fully saturated rings. The van der Waals surface area contributed by atoms with Crippen molar-refractivity contribution in [2.24, 2.45) is 11.8 Å². The van der Waals surface area contributed by atoms with Gasteiger partial charge in [0.05, 0.1) is 4.90 Å². The second kappa shape index (κ2) is 5.04. The van der Waals surface area contributed by atoms with Gasteiger partial charge in [-0.1, -0.05) is 13.0 Å². The highest BCUT2D eigenvalue weighted by Crippen LogP contribution is 2.39. The zero-order valence-corrected chi connectivity index (χ0v) is 12.9. The lowest BCUT2D eigenvalue weighted by Gasteiger charge is -2.21. The van der Waals surface area contributed by atoms with Gasteiger partial charge < -0.3 is 5.32 Å². The smallest absolute Gasteiger partial charge is 0.242 e. The Morgan fingerprint density at radius 1 is 1.40 bits per heavy atom. The molecule has 0 bridgehead atoms. The zero-order valence-electron chi connectivity index (χ0n) is 12.1. The minimum absolute atomic E-state index is 0.404. The highest BCUT2D eigenvalue weighted by atomic mass is 32.2. The van der Waals surface area contributed by atoms with E-state index in [0.29, 0.717) is 23.3 Å². The number of benzene rings is 1. The number of sulfonamides is 1. The van der Waals surface area contributed by atoms with Gasteiger partial charge >= 0.3 is 0 Å². The first-order chi connectivity index (χ1) is 9.48. The van der Waals surface area contributed by atoms with Crippen molar-refractivity contribution in [2.45, 2.75) is 31.1 Å². The van der Waals surface area contributed by atoms with E-state index < -0.39 is 10.0 Å². The Morgan fingerprint density at radius 2 is 2.15 bits per heavy atom. The van der Waals surface area contributed by atoms with Gasteiger partial charge in [-0.05, 0) is 48.8 Å². The Labute approximate surface area is 121 Å². The van der Waals surface area contributed by atoms with Crippen molar-refractivity contribution in [1.29, 1.82) is 0 Å². The maximum atomic E-state index is 12.6. The van der Waals surface area contributed by atoms with Crippen LogP contribution in [0.2, 0.25) is 0 Å². The first-order valence-electron chi connectivity index (χ1n) is 7.31. The van der Waals surface area contributed by atoms with Crippen LogP contribution in [0.15, 0.2) is 23.1 Å². The summed E-state index contributed by atoms with van der Waals surface area (Å²) in [5.41, 5.74) is 2.19. The van der Waals surface area contributed by atoms with Crippen LogP contribution in [-0.4, -0.2) is 32.9 Å². The summed E-state index contributed by atoms with van der Waals surface area (Å²) in [7, 11) is -1.67. The summed E-state index contributed by atoms with van der Waals surface area (Å²) in [6.07, 6.45) is 3.28. The maximum Gasteiger partial charge on any atom is 0.242 e. The summed E-state index contributed by atoms with van der Waals surface area (Å²) in [6.45, 7) is 3.73. The van der Waals surface area contributed by atoms with Crippen LogP contribution < -0.4 is 5.32 Å². The highest BCUT2D eigenvalue weighted by molar-refractivity contribution is 7.89. The fraction of sp³-hybridized carbons (Fsp3) is 0.600. The van der Waals surface area contributed by atoms with Crippen LogP contribution in [0.5, 0.6) is 0 Å². The predicted octanol–water partition coefficient (Wildman–Crippen LogP) is 2.32. The molecule has 3 rings (SSSR count). The third kappa shape index (κ3) is 2.56.